The normalized spacial score (nSPS) is 13.6. The van der Waals surface area contributed by atoms with Crippen LogP contribution in [-0.4, -0.2) is 18.4 Å². The summed E-state index contributed by atoms with van der Waals surface area (Å²) in [6.45, 7) is 0. The summed E-state index contributed by atoms with van der Waals surface area (Å²) in [6, 6.07) is 7.38. The molecule has 0 heterocycles. The molecule has 92 valence electrons. The topological polar surface area (TPSA) is 76.8 Å². The molecule has 0 fully saturated rings. The first kappa shape index (κ1) is 13.0. The minimum absolute atomic E-state index is 0.0783. The third kappa shape index (κ3) is 4.13. The number of guanidine groups is 1. The van der Waals surface area contributed by atoms with Crippen LogP contribution in [0, 0.1) is 0 Å². The summed E-state index contributed by atoms with van der Waals surface area (Å²) < 4.78 is 38.2. The monoisotopic (exact) mass is 244 g/mol. The summed E-state index contributed by atoms with van der Waals surface area (Å²) in [7, 11) is 0. The fourth-order valence-corrected chi connectivity index (χ4v) is 1.19. The van der Waals surface area contributed by atoms with Gasteiger partial charge in [0.15, 0.2) is 0 Å². The zero-order valence-corrected chi connectivity index (χ0v) is 8.72. The molecular weight excluding hydrogens is 233 g/mol. The first-order valence-corrected chi connectivity index (χ1v) is 4.65. The van der Waals surface area contributed by atoms with Crippen LogP contribution in [0.5, 0.6) is 0 Å². The molecule has 4 N–H and O–H groups in total. The van der Waals surface area contributed by atoms with Gasteiger partial charge in [-0.05, 0) is 5.56 Å². The van der Waals surface area contributed by atoms with E-state index in [1.165, 1.54) is 24.3 Å². The number of nitrogens with zero attached hydrogens (tertiary/aromatic N) is 2. The molecular formula is C10H11F3N4. The largest absolute Gasteiger partial charge is 0.400 e. The van der Waals surface area contributed by atoms with Gasteiger partial charge >= 0.3 is 6.18 Å². The molecule has 1 unspecified atom stereocenters. The van der Waals surface area contributed by atoms with Gasteiger partial charge in [-0.25, -0.2) is 0 Å². The molecule has 17 heavy (non-hydrogen) atoms. The maximum absolute atomic E-state index is 12.7. The molecule has 4 nitrogen and oxygen atoms in total. The van der Waals surface area contributed by atoms with Crippen molar-refractivity contribution in [1.29, 1.82) is 0 Å². The highest BCUT2D eigenvalue weighted by molar-refractivity contribution is 5.77. The van der Waals surface area contributed by atoms with Crippen molar-refractivity contribution in [2.75, 3.05) is 0 Å². The molecule has 1 aromatic carbocycles. The Hall–Kier alpha value is -2.05. The Morgan fingerprint density at radius 1 is 1.18 bits per heavy atom. The molecule has 0 amide bonds. The summed E-state index contributed by atoms with van der Waals surface area (Å²) >= 11 is 0. The SMILES string of the molecule is NC(N)=N/N=C/C(c1ccccc1)C(F)(F)F. The van der Waals surface area contributed by atoms with Crippen LogP contribution in [0.1, 0.15) is 11.5 Å². The number of nitrogens with two attached hydrogens (primary N) is 2. The van der Waals surface area contributed by atoms with E-state index in [0.717, 1.165) is 0 Å². The van der Waals surface area contributed by atoms with Gasteiger partial charge in [0.25, 0.3) is 0 Å². The van der Waals surface area contributed by atoms with Gasteiger partial charge in [0.2, 0.25) is 5.96 Å². The summed E-state index contributed by atoms with van der Waals surface area (Å²) in [4.78, 5) is 0. The van der Waals surface area contributed by atoms with Crippen molar-refractivity contribution in [3.05, 3.63) is 35.9 Å². The van der Waals surface area contributed by atoms with Crippen LogP contribution >= 0.6 is 0 Å². The Kier molecular flexibility index (Phi) is 4.08. The van der Waals surface area contributed by atoms with Crippen molar-refractivity contribution >= 4 is 12.2 Å². The number of hydrogen-bond donors (Lipinski definition) is 2. The van der Waals surface area contributed by atoms with E-state index in [4.69, 9.17) is 11.5 Å². The molecule has 1 atom stereocenters. The summed E-state index contributed by atoms with van der Waals surface area (Å²) in [5.74, 6) is -2.22. The molecule has 0 saturated heterocycles. The number of halogens is 3. The van der Waals surface area contributed by atoms with Gasteiger partial charge in [-0.15, -0.1) is 5.10 Å². The van der Waals surface area contributed by atoms with E-state index in [1.807, 2.05) is 0 Å². The number of hydrogen-bond acceptors (Lipinski definition) is 2. The van der Waals surface area contributed by atoms with Crippen LogP contribution in [0.2, 0.25) is 0 Å². The Balaban J connectivity index is 2.99. The lowest BCUT2D eigenvalue weighted by Crippen LogP contribution is -2.23. The number of rotatable bonds is 3. The van der Waals surface area contributed by atoms with Gasteiger partial charge in [0, 0.05) is 6.21 Å². The maximum atomic E-state index is 12.7. The van der Waals surface area contributed by atoms with Crippen molar-refractivity contribution in [1.82, 2.24) is 0 Å². The molecule has 1 rings (SSSR count). The van der Waals surface area contributed by atoms with Crippen molar-refractivity contribution in [2.45, 2.75) is 12.1 Å². The smallest absolute Gasteiger partial charge is 0.369 e. The van der Waals surface area contributed by atoms with Gasteiger partial charge in [0.05, 0.1) is 0 Å². The van der Waals surface area contributed by atoms with Crippen LogP contribution in [0.25, 0.3) is 0 Å². The van der Waals surface area contributed by atoms with Crippen LogP contribution in [-0.2, 0) is 0 Å². The Morgan fingerprint density at radius 3 is 2.24 bits per heavy atom. The van der Waals surface area contributed by atoms with E-state index in [1.54, 1.807) is 6.07 Å². The predicted molar refractivity (Wildman–Crippen MR) is 59.5 cm³/mol. The molecule has 0 radical (unpaired) electrons. The predicted octanol–water partition coefficient (Wildman–Crippen LogP) is 1.59. The number of benzene rings is 1. The molecule has 0 aliphatic rings. The first-order chi connectivity index (χ1) is 7.91. The first-order valence-electron chi connectivity index (χ1n) is 4.65. The van der Waals surface area contributed by atoms with Gasteiger partial charge in [-0.3, -0.25) is 0 Å². The zero-order chi connectivity index (χ0) is 12.9. The van der Waals surface area contributed by atoms with E-state index in [-0.39, 0.29) is 5.56 Å². The van der Waals surface area contributed by atoms with Gasteiger partial charge in [0.1, 0.15) is 5.92 Å². The molecule has 0 aliphatic carbocycles. The lowest BCUT2D eigenvalue weighted by Gasteiger charge is -2.15. The van der Waals surface area contributed by atoms with Crippen molar-refractivity contribution in [3.8, 4) is 0 Å². The number of alkyl halides is 3. The third-order valence-corrected chi connectivity index (χ3v) is 1.90. The molecule has 1 aromatic rings. The molecule has 0 bridgehead atoms. The fourth-order valence-electron chi connectivity index (χ4n) is 1.19. The molecule has 7 heteroatoms. The van der Waals surface area contributed by atoms with Gasteiger partial charge < -0.3 is 11.5 Å². The molecule has 0 aliphatic heterocycles. The van der Waals surface area contributed by atoms with Crippen LogP contribution in [0.4, 0.5) is 13.2 Å². The molecule has 0 saturated carbocycles. The van der Waals surface area contributed by atoms with E-state index in [9.17, 15) is 13.2 Å². The van der Waals surface area contributed by atoms with E-state index >= 15 is 0 Å². The van der Waals surface area contributed by atoms with E-state index < -0.39 is 18.1 Å². The van der Waals surface area contributed by atoms with Gasteiger partial charge in [-0.2, -0.15) is 18.3 Å². The van der Waals surface area contributed by atoms with E-state index in [2.05, 4.69) is 10.2 Å². The Bertz CT molecular complexity index is 407. The second kappa shape index (κ2) is 5.33. The van der Waals surface area contributed by atoms with Gasteiger partial charge in [-0.1, -0.05) is 30.3 Å². The maximum Gasteiger partial charge on any atom is 0.400 e. The van der Waals surface area contributed by atoms with Crippen molar-refractivity contribution in [3.63, 3.8) is 0 Å². The van der Waals surface area contributed by atoms with Crippen LogP contribution in [0.15, 0.2) is 40.5 Å². The summed E-state index contributed by atoms with van der Waals surface area (Å²) in [6.07, 6.45) is -3.78. The summed E-state index contributed by atoms with van der Waals surface area (Å²) in [5.41, 5.74) is 10.00. The lowest BCUT2D eigenvalue weighted by atomic mass is 10.0. The second-order valence-corrected chi connectivity index (χ2v) is 3.22. The van der Waals surface area contributed by atoms with Crippen LogP contribution < -0.4 is 11.5 Å². The Morgan fingerprint density at radius 2 is 1.76 bits per heavy atom. The lowest BCUT2D eigenvalue weighted by molar-refractivity contribution is -0.134. The van der Waals surface area contributed by atoms with E-state index in [0.29, 0.717) is 6.21 Å². The highest BCUT2D eigenvalue weighted by atomic mass is 19.4. The van der Waals surface area contributed by atoms with Crippen molar-refractivity contribution in [2.24, 2.45) is 21.7 Å². The van der Waals surface area contributed by atoms with Crippen LogP contribution in [0.3, 0.4) is 0 Å². The minimum atomic E-state index is -4.44. The second-order valence-electron chi connectivity index (χ2n) is 3.22. The minimum Gasteiger partial charge on any atom is -0.369 e. The standard InChI is InChI=1S/C10H11F3N4/c11-10(12,13)8(6-16-17-9(14)15)7-4-2-1-3-5-7/h1-6,8H,(H4,14,15,17)/b16-6+. The molecule has 0 aromatic heterocycles. The highest BCUT2D eigenvalue weighted by Crippen LogP contribution is 2.33. The molecule has 0 spiro atoms. The average Bonchev–Trinajstić information content (AvgIpc) is 2.23. The average molecular weight is 244 g/mol. The van der Waals surface area contributed by atoms with Crippen molar-refractivity contribution < 1.29 is 13.2 Å². The third-order valence-electron chi connectivity index (χ3n) is 1.90. The zero-order valence-electron chi connectivity index (χ0n) is 8.72. The fraction of sp³-hybridized carbons (Fsp3) is 0.200. The quantitative estimate of drug-likeness (QED) is 0.481. The Labute approximate surface area is 95.8 Å². The highest BCUT2D eigenvalue weighted by Gasteiger charge is 2.39. The summed E-state index contributed by atoms with van der Waals surface area (Å²) in [5, 5.41) is 6.35.